The lowest BCUT2D eigenvalue weighted by molar-refractivity contribution is 1.05. The number of nitrogens with zero attached hydrogens (tertiary/aromatic N) is 3. The molecule has 0 bridgehead atoms. The van der Waals surface area contributed by atoms with Crippen LogP contribution in [0.3, 0.4) is 0 Å². The third-order valence-electron chi connectivity index (χ3n) is 12.0. The molecule has 0 N–H and O–H groups in total. The first kappa shape index (κ1) is 33.3. The van der Waals surface area contributed by atoms with E-state index in [-0.39, 0.29) is 0 Å². The minimum absolute atomic E-state index is 0.688. The van der Waals surface area contributed by atoms with Crippen LogP contribution in [0, 0.1) is 0 Å². The topological polar surface area (TPSA) is 30.7 Å². The second-order valence-electron chi connectivity index (χ2n) is 15.2. The highest BCUT2D eigenvalue weighted by molar-refractivity contribution is 6.29. The lowest BCUT2D eigenvalue weighted by Gasteiger charge is -2.21. The van der Waals surface area contributed by atoms with Crippen LogP contribution < -0.4 is 0 Å². The summed E-state index contributed by atoms with van der Waals surface area (Å²) in [6.07, 6.45) is 0. The maximum Gasteiger partial charge on any atom is 0.162 e. The molecule has 274 valence electrons. The molecule has 3 heteroatoms. The van der Waals surface area contributed by atoms with Gasteiger partial charge in [0.25, 0.3) is 0 Å². The number of para-hydroxylation sites is 2. The van der Waals surface area contributed by atoms with E-state index in [0.717, 1.165) is 39.1 Å². The van der Waals surface area contributed by atoms with E-state index < -0.39 is 0 Å². The van der Waals surface area contributed by atoms with Crippen LogP contribution in [0.1, 0.15) is 0 Å². The minimum atomic E-state index is 0.688. The first-order chi connectivity index (χ1) is 29.3. The average molecular weight is 750 g/mol. The molecule has 3 nitrogen and oxygen atoms in total. The van der Waals surface area contributed by atoms with E-state index in [2.05, 4.69) is 211 Å². The predicted octanol–water partition coefficient (Wildman–Crippen LogP) is 14.9. The molecule has 0 aliphatic carbocycles. The Hall–Kier alpha value is -7.88. The quantitative estimate of drug-likeness (QED) is 0.130. The Balaban J connectivity index is 1.16. The van der Waals surface area contributed by atoms with Gasteiger partial charge in [-0.3, -0.25) is 4.57 Å². The molecular weight excluding hydrogens is 715 g/mol. The third kappa shape index (κ3) is 5.22. The van der Waals surface area contributed by atoms with Gasteiger partial charge in [-0.2, -0.15) is 0 Å². The summed E-state index contributed by atoms with van der Waals surface area (Å²) in [5.74, 6) is 1.52. The molecule has 2 aromatic heterocycles. The summed E-state index contributed by atoms with van der Waals surface area (Å²) in [4.78, 5) is 10.7. The molecule has 12 aromatic rings. The van der Waals surface area contributed by atoms with Crippen molar-refractivity contribution in [2.45, 2.75) is 0 Å². The predicted molar refractivity (Wildman–Crippen MR) is 248 cm³/mol. The highest BCUT2D eigenvalue weighted by Crippen LogP contribution is 2.48. The average Bonchev–Trinajstić information content (AvgIpc) is 3.65. The van der Waals surface area contributed by atoms with Gasteiger partial charge in [0.1, 0.15) is 5.82 Å². The van der Waals surface area contributed by atoms with Gasteiger partial charge in [0.2, 0.25) is 0 Å². The van der Waals surface area contributed by atoms with Crippen molar-refractivity contribution >= 4 is 64.9 Å². The molecule has 0 atom stereocenters. The van der Waals surface area contributed by atoms with E-state index in [1.54, 1.807) is 0 Å². The monoisotopic (exact) mass is 749 g/mol. The van der Waals surface area contributed by atoms with E-state index in [9.17, 15) is 0 Å². The smallest absolute Gasteiger partial charge is 0.162 e. The summed E-state index contributed by atoms with van der Waals surface area (Å²) < 4.78 is 2.29. The van der Waals surface area contributed by atoms with Gasteiger partial charge in [-0.1, -0.05) is 194 Å². The molecule has 0 fully saturated rings. The molecule has 12 rings (SSSR count). The lowest BCUT2D eigenvalue weighted by atomic mass is 9.82. The van der Waals surface area contributed by atoms with E-state index in [4.69, 9.17) is 9.97 Å². The molecule has 59 heavy (non-hydrogen) atoms. The van der Waals surface area contributed by atoms with E-state index >= 15 is 0 Å². The van der Waals surface area contributed by atoms with Crippen LogP contribution in [0.15, 0.2) is 212 Å². The van der Waals surface area contributed by atoms with Crippen LogP contribution in [0.25, 0.3) is 116 Å². The van der Waals surface area contributed by atoms with Crippen LogP contribution in [0.5, 0.6) is 0 Å². The number of aromatic nitrogens is 3. The largest absolute Gasteiger partial charge is 0.294 e. The van der Waals surface area contributed by atoms with Gasteiger partial charge in [-0.15, -0.1) is 0 Å². The molecule has 0 radical (unpaired) electrons. The molecule has 0 aliphatic heterocycles. The highest BCUT2D eigenvalue weighted by Gasteiger charge is 2.22. The van der Waals surface area contributed by atoms with E-state index in [1.807, 2.05) is 6.07 Å². The molecule has 0 spiro atoms. The Morgan fingerprint density at radius 3 is 1.51 bits per heavy atom. The Kier molecular flexibility index (Phi) is 7.54. The zero-order valence-corrected chi connectivity index (χ0v) is 32.0. The Morgan fingerprint density at radius 2 is 0.831 bits per heavy atom. The second-order valence-corrected chi connectivity index (χ2v) is 15.2. The number of rotatable bonds is 5. The summed E-state index contributed by atoms with van der Waals surface area (Å²) in [5.41, 5.74) is 10.1. The van der Waals surface area contributed by atoms with Crippen molar-refractivity contribution in [2.24, 2.45) is 0 Å². The summed E-state index contributed by atoms with van der Waals surface area (Å²) in [6, 6.07) is 76.3. The second kappa shape index (κ2) is 13.4. The van der Waals surface area contributed by atoms with Crippen molar-refractivity contribution in [1.29, 1.82) is 0 Å². The third-order valence-corrected chi connectivity index (χ3v) is 12.0. The summed E-state index contributed by atoms with van der Waals surface area (Å²) in [5, 5.41) is 12.2. The molecule has 0 amide bonds. The molecule has 0 saturated carbocycles. The number of benzene rings is 10. The van der Waals surface area contributed by atoms with Crippen molar-refractivity contribution in [3.8, 4) is 50.7 Å². The first-order valence-electron chi connectivity index (χ1n) is 20.2. The van der Waals surface area contributed by atoms with Gasteiger partial charge >= 0.3 is 0 Å². The number of hydrogen-bond donors (Lipinski definition) is 0. The fourth-order valence-corrected chi connectivity index (χ4v) is 9.46. The number of fused-ring (bicyclic) bond motifs is 8. The highest BCUT2D eigenvalue weighted by atomic mass is 15.1. The van der Waals surface area contributed by atoms with Crippen molar-refractivity contribution < 1.29 is 0 Å². The molecule has 0 unspecified atom stereocenters. The standard InChI is InChI=1S/C56H35N3/c1-3-18-37(19-4-1)53-45-27-11-12-28-46(45)55(54-39-22-8-7-17-36(39)31-32-48(53)54)47-34-33-42(40-23-9-10-24-41(40)47)49-35-52(58-56(57-49)38-20-5-2-6-21-38)59-50-29-15-13-25-43(50)44-26-14-16-30-51(44)59/h1-35H. The van der Waals surface area contributed by atoms with E-state index in [0.29, 0.717) is 5.82 Å². The maximum absolute atomic E-state index is 5.36. The van der Waals surface area contributed by atoms with Gasteiger partial charge < -0.3 is 0 Å². The fourth-order valence-electron chi connectivity index (χ4n) is 9.46. The summed E-state index contributed by atoms with van der Waals surface area (Å²) in [7, 11) is 0. The normalized spacial score (nSPS) is 11.7. The van der Waals surface area contributed by atoms with Crippen LogP contribution in [-0.2, 0) is 0 Å². The van der Waals surface area contributed by atoms with Crippen LogP contribution >= 0.6 is 0 Å². The van der Waals surface area contributed by atoms with Gasteiger partial charge in [0, 0.05) is 28.0 Å². The zero-order chi connectivity index (χ0) is 38.9. The lowest BCUT2D eigenvalue weighted by Crippen LogP contribution is -2.02. The van der Waals surface area contributed by atoms with Gasteiger partial charge in [0.05, 0.1) is 16.7 Å². The molecule has 0 aliphatic rings. The molecule has 10 aromatic carbocycles. The van der Waals surface area contributed by atoms with Crippen molar-refractivity contribution in [1.82, 2.24) is 14.5 Å². The Labute approximate surface area is 341 Å². The van der Waals surface area contributed by atoms with Crippen molar-refractivity contribution in [3.05, 3.63) is 212 Å². The fraction of sp³-hybridized carbons (Fsp3) is 0. The number of hydrogen-bond acceptors (Lipinski definition) is 2. The van der Waals surface area contributed by atoms with Crippen molar-refractivity contribution in [3.63, 3.8) is 0 Å². The Bertz CT molecular complexity index is 3550. The van der Waals surface area contributed by atoms with Crippen molar-refractivity contribution in [2.75, 3.05) is 0 Å². The van der Waals surface area contributed by atoms with Gasteiger partial charge in [-0.05, 0) is 77.5 Å². The molecular formula is C56H35N3. The Morgan fingerprint density at radius 1 is 0.322 bits per heavy atom. The summed E-state index contributed by atoms with van der Waals surface area (Å²) >= 11 is 0. The van der Waals surface area contributed by atoms with Crippen LogP contribution in [0.4, 0.5) is 0 Å². The zero-order valence-electron chi connectivity index (χ0n) is 32.0. The van der Waals surface area contributed by atoms with Crippen LogP contribution in [-0.4, -0.2) is 14.5 Å². The van der Waals surface area contributed by atoms with Gasteiger partial charge in [-0.25, -0.2) is 9.97 Å². The SMILES string of the molecule is c1ccc(-c2nc(-c3ccc(-c4c5ccccc5c(-c5ccccc5)c5ccc6ccccc6c45)c4ccccc34)cc(-n3c4ccccc4c4ccccc43)n2)cc1. The first-order valence-corrected chi connectivity index (χ1v) is 20.2. The van der Waals surface area contributed by atoms with Gasteiger partial charge in [0.15, 0.2) is 5.82 Å². The van der Waals surface area contributed by atoms with Crippen LogP contribution in [0.2, 0.25) is 0 Å². The van der Waals surface area contributed by atoms with E-state index in [1.165, 1.54) is 70.7 Å². The maximum atomic E-state index is 5.36. The molecule has 0 saturated heterocycles. The minimum Gasteiger partial charge on any atom is -0.294 e. The summed E-state index contributed by atoms with van der Waals surface area (Å²) in [6.45, 7) is 0. The molecule has 2 heterocycles.